The molecular weight excluding hydrogens is 534 g/mol. The Hall–Kier alpha value is -3.38. The quantitative estimate of drug-likeness (QED) is 0.214. The number of aryl methyl sites for hydroxylation is 2. The lowest BCUT2D eigenvalue weighted by Gasteiger charge is -2.14. The first-order valence-electron chi connectivity index (χ1n) is 10.0. The number of anilines is 1. The van der Waals surface area contributed by atoms with Crippen LogP contribution >= 0.6 is 22.6 Å². The molecule has 168 valence electrons. The molecule has 0 aromatic heterocycles. The SMILES string of the molecule is COc1cc(/C=C(\C#N)C(=O)Nc2ccc(F)cc2)cc(I)c1OCc1cc(C)cc(C)c1. The molecule has 0 unspecified atom stereocenters. The average molecular weight is 556 g/mol. The van der Waals surface area contributed by atoms with Crippen LogP contribution in [0.5, 0.6) is 11.5 Å². The molecular formula is C26H22FIN2O3. The van der Waals surface area contributed by atoms with Crippen LogP contribution in [-0.4, -0.2) is 13.0 Å². The number of nitriles is 1. The molecule has 0 aliphatic rings. The molecule has 0 spiro atoms. The third kappa shape index (κ3) is 6.56. The molecule has 5 nitrogen and oxygen atoms in total. The molecule has 0 aliphatic carbocycles. The number of methoxy groups -OCH3 is 1. The number of halogens is 2. The van der Waals surface area contributed by atoms with Crippen molar-refractivity contribution in [2.24, 2.45) is 0 Å². The normalized spacial score (nSPS) is 11.0. The lowest BCUT2D eigenvalue weighted by atomic mass is 10.1. The number of nitrogens with one attached hydrogen (secondary N) is 1. The standard InChI is InChI=1S/C26H22FIN2O3/c1-16-8-17(2)10-19(9-16)15-33-25-23(28)12-18(13-24(25)32-3)11-20(14-29)26(31)30-22-6-4-21(27)5-7-22/h4-13H,15H2,1-3H3,(H,30,31)/b20-11+. The largest absolute Gasteiger partial charge is 0.493 e. The molecule has 0 heterocycles. The summed E-state index contributed by atoms with van der Waals surface area (Å²) in [5.41, 5.74) is 4.29. The number of carbonyl (C=O) groups excluding carboxylic acids is 1. The van der Waals surface area contributed by atoms with E-state index in [0.717, 1.165) is 9.13 Å². The fraction of sp³-hybridized carbons (Fsp3) is 0.154. The molecule has 1 amide bonds. The van der Waals surface area contributed by atoms with Crippen LogP contribution in [0.25, 0.3) is 6.08 Å². The fourth-order valence-electron chi connectivity index (χ4n) is 3.32. The highest BCUT2D eigenvalue weighted by molar-refractivity contribution is 14.1. The van der Waals surface area contributed by atoms with Crippen LogP contribution in [0, 0.1) is 34.6 Å². The number of amides is 1. The summed E-state index contributed by atoms with van der Waals surface area (Å²) >= 11 is 2.14. The van der Waals surface area contributed by atoms with E-state index >= 15 is 0 Å². The molecule has 3 aromatic carbocycles. The van der Waals surface area contributed by atoms with Crippen molar-refractivity contribution in [3.05, 3.63) is 91.8 Å². The van der Waals surface area contributed by atoms with Gasteiger partial charge >= 0.3 is 0 Å². The van der Waals surface area contributed by atoms with Gasteiger partial charge in [0.1, 0.15) is 24.1 Å². The van der Waals surface area contributed by atoms with E-state index in [-0.39, 0.29) is 5.57 Å². The summed E-state index contributed by atoms with van der Waals surface area (Å²) in [6.07, 6.45) is 1.47. The second-order valence-corrected chi connectivity index (χ2v) is 8.61. The van der Waals surface area contributed by atoms with E-state index in [1.165, 1.54) is 48.6 Å². The Balaban J connectivity index is 1.82. The van der Waals surface area contributed by atoms with E-state index in [2.05, 4.69) is 46.1 Å². The van der Waals surface area contributed by atoms with Gasteiger partial charge in [0, 0.05) is 5.69 Å². The monoisotopic (exact) mass is 556 g/mol. The topological polar surface area (TPSA) is 71.3 Å². The third-order valence-electron chi connectivity index (χ3n) is 4.69. The second-order valence-electron chi connectivity index (χ2n) is 7.45. The summed E-state index contributed by atoms with van der Waals surface area (Å²) in [4.78, 5) is 12.5. The van der Waals surface area contributed by atoms with Gasteiger partial charge in [-0.25, -0.2) is 4.39 Å². The van der Waals surface area contributed by atoms with E-state index in [4.69, 9.17) is 9.47 Å². The van der Waals surface area contributed by atoms with Crippen molar-refractivity contribution in [3.8, 4) is 17.6 Å². The molecule has 33 heavy (non-hydrogen) atoms. The van der Waals surface area contributed by atoms with Gasteiger partial charge in [-0.05, 0) is 90.0 Å². The molecule has 0 bridgehead atoms. The van der Waals surface area contributed by atoms with Gasteiger partial charge in [0.25, 0.3) is 5.91 Å². The van der Waals surface area contributed by atoms with E-state index in [0.29, 0.717) is 29.4 Å². The van der Waals surface area contributed by atoms with Crippen LogP contribution in [0.15, 0.2) is 60.2 Å². The summed E-state index contributed by atoms with van der Waals surface area (Å²) in [5, 5.41) is 12.1. The van der Waals surface area contributed by atoms with E-state index in [1.54, 1.807) is 6.07 Å². The van der Waals surface area contributed by atoms with Crippen LogP contribution < -0.4 is 14.8 Å². The third-order valence-corrected chi connectivity index (χ3v) is 5.50. The van der Waals surface area contributed by atoms with Crippen molar-refractivity contribution in [1.29, 1.82) is 5.26 Å². The highest BCUT2D eigenvalue weighted by Gasteiger charge is 2.14. The molecule has 3 rings (SSSR count). The summed E-state index contributed by atoms with van der Waals surface area (Å²) in [6.45, 7) is 4.47. The van der Waals surface area contributed by atoms with Gasteiger partial charge in [-0.3, -0.25) is 4.79 Å². The molecule has 3 aromatic rings. The van der Waals surface area contributed by atoms with Gasteiger partial charge in [-0.15, -0.1) is 0 Å². The Morgan fingerprint density at radius 2 is 1.79 bits per heavy atom. The fourth-order valence-corrected chi connectivity index (χ4v) is 4.10. The predicted octanol–water partition coefficient (Wildman–Crippen LogP) is 6.18. The van der Waals surface area contributed by atoms with Gasteiger partial charge in [0.15, 0.2) is 11.5 Å². The Labute approximate surface area is 206 Å². The summed E-state index contributed by atoms with van der Waals surface area (Å²) < 4.78 is 25.4. The minimum absolute atomic E-state index is 0.0962. The molecule has 0 saturated heterocycles. The van der Waals surface area contributed by atoms with Crippen molar-refractivity contribution in [3.63, 3.8) is 0 Å². The Bertz CT molecular complexity index is 1230. The number of hydrogen-bond acceptors (Lipinski definition) is 4. The molecule has 0 radical (unpaired) electrons. The molecule has 7 heteroatoms. The Morgan fingerprint density at radius 3 is 2.39 bits per heavy atom. The average Bonchev–Trinajstić information content (AvgIpc) is 2.77. The van der Waals surface area contributed by atoms with Crippen molar-refractivity contribution in [2.45, 2.75) is 20.5 Å². The van der Waals surface area contributed by atoms with Crippen molar-refractivity contribution in [1.82, 2.24) is 0 Å². The van der Waals surface area contributed by atoms with E-state index < -0.39 is 11.7 Å². The number of carbonyl (C=O) groups is 1. The second kappa shape index (κ2) is 11.0. The molecule has 1 N–H and O–H groups in total. The zero-order chi connectivity index (χ0) is 24.0. The van der Waals surface area contributed by atoms with Crippen molar-refractivity contribution < 1.29 is 18.7 Å². The summed E-state index contributed by atoms with van der Waals surface area (Å²) in [5.74, 6) is 0.0798. The first-order valence-corrected chi connectivity index (χ1v) is 11.1. The summed E-state index contributed by atoms with van der Waals surface area (Å²) in [6, 6.07) is 17.0. The first kappa shape index (κ1) is 24.3. The molecule has 0 fully saturated rings. The van der Waals surface area contributed by atoms with Gasteiger partial charge in [0.2, 0.25) is 0 Å². The summed E-state index contributed by atoms with van der Waals surface area (Å²) in [7, 11) is 1.54. The van der Waals surface area contributed by atoms with Gasteiger partial charge in [-0.2, -0.15) is 5.26 Å². The van der Waals surface area contributed by atoms with Gasteiger partial charge in [-0.1, -0.05) is 29.3 Å². The van der Waals surface area contributed by atoms with Crippen LogP contribution in [-0.2, 0) is 11.4 Å². The minimum atomic E-state index is -0.590. The highest BCUT2D eigenvalue weighted by Crippen LogP contribution is 2.35. The smallest absolute Gasteiger partial charge is 0.266 e. The zero-order valence-electron chi connectivity index (χ0n) is 18.4. The molecule has 0 aliphatic heterocycles. The van der Waals surface area contributed by atoms with Crippen LogP contribution in [0.2, 0.25) is 0 Å². The van der Waals surface area contributed by atoms with E-state index in [9.17, 15) is 14.4 Å². The maximum absolute atomic E-state index is 13.1. The maximum atomic E-state index is 13.1. The van der Waals surface area contributed by atoms with Crippen LogP contribution in [0.4, 0.5) is 10.1 Å². The minimum Gasteiger partial charge on any atom is -0.493 e. The van der Waals surface area contributed by atoms with Gasteiger partial charge in [0.05, 0.1) is 10.7 Å². The van der Waals surface area contributed by atoms with Crippen LogP contribution in [0.1, 0.15) is 22.3 Å². The number of rotatable bonds is 7. The van der Waals surface area contributed by atoms with Crippen molar-refractivity contribution in [2.75, 3.05) is 12.4 Å². The Morgan fingerprint density at radius 1 is 1.12 bits per heavy atom. The lowest BCUT2D eigenvalue weighted by molar-refractivity contribution is -0.112. The molecule has 0 saturated carbocycles. The van der Waals surface area contributed by atoms with E-state index in [1.807, 2.05) is 26.0 Å². The number of hydrogen-bond donors (Lipinski definition) is 1. The first-order chi connectivity index (χ1) is 15.8. The lowest BCUT2D eigenvalue weighted by Crippen LogP contribution is -2.13. The predicted molar refractivity (Wildman–Crippen MR) is 135 cm³/mol. The zero-order valence-corrected chi connectivity index (χ0v) is 20.6. The molecule has 0 atom stereocenters. The van der Waals surface area contributed by atoms with Crippen LogP contribution in [0.3, 0.4) is 0 Å². The number of ether oxygens (including phenoxy) is 2. The number of benzene rings is 3. The highest BCUT2D eigenvalue weighted by atomic mass is 127. The van der Waals surface area contributed by atoms with Gasteiger partial charge < -0.3 is 14.8 Å². The maximum Gasteiger partial charge on any atom is 0.266 e. The Kier molecular flexibility index (Phi) is 8.06. The van der Waals surface area contributed by atoms with Crippen molar-refractivity contribution >= 4 is 40.3 Å². The number of nitrogens with zero attached hydrogens (tertiary/aromatic N) is 1.